The summed E-state index contributed by atoms with van der Waals surface area (Å²) in [5.41, 5.74) is 1.36. The van der Waals surface area contributed by atoms with Crippen molar-refractivity contribution < 1.29 is 14.3 Å². The average Bonchev–Trinajstić information content (AvgIpc) is 3.08. The zero-order valence-corrected chi connectivity index (χ0v) is 19.9. The number of nitrogens with one attached hydrogen (secondary N) is 2. The van der Waals surface area contributed by atoms with Gasteiger partial charge in [-0.25, -0.2) is 4.79 Å². The van der Waals surface area contributed by atoms with Gasteiger partial charge in [-0.15, -0.1) is 0 Å². The first-order valence-corrected chi connectivity index (χ1v) is 11.7. The summed E-state index contributed by atoms with van der Waals surface area (Å²) in [6, 6.07) is 7.99. The molecule has 32 heavy (non-hydrogen) atoms. The number of hydrogen-bond donors (Lipinski definition) is 2. The molecule has 2 aromatic rings. The lowest BCUT2D eigenvalue weighted by Crippen LogP contribution is -2.40. The predicted octanol–water partition coefficient (Wildman–Crippen LogP) is 3.93. The SMILES string of the molecule is Cn1cc(C(=O)NCCCCN2CCC(CNC(=O)OC(C)(C)C)CC2)c2ccccc21. The predicted molar refractivity (Wildman–Crippen MR) is 128 cm³/mol. The van der Waals surface area contributed by atoms with Gasteiger partial charge in [-0.1, -0.05) is 18.2 Å². The first kappa shape index (κ1) is 24.1. The number of aromatic nitrogens is 1. The highest BCUT2D eigenvalue weighted by Gasteiger charge is 2.21. The third-order valence-electron chi connectivity index (χ3n) is 5.97. The number of fused-ring (bicyclic) bond motifs is 1. The first-order chi connectivity index (χ1) is 15.2. The van der Waals surface area contributed by atoms with Gasteiger partial charge in [-0.3, -0.25) is 4.79 Å². The highest BCUT2D eigenvalue weighted by molar-refractivity contribution is 6.06. The third kappa shape index (κ3) is 6.99. The fourth-order valence-corrected chi connectivity index (χ4v) is 4.24. The van der Waals surface area contributed by atoms with Crippen LogP contribution < -0.4 is 10.6 Å². The molecule has 2 N–H and O–H groups in total. The number of unbranched alkanes of at least 4 members (excludes halogenated alkanes) is 1. The molecular formula is C25H38N4O3. The summed E-state index contributed by atoms with van der Waals surface area (Å²) >= 11 is 0. The van der Waals surface area contributed by atoms with E-state index < -0.39 is 5.60 Å². The van der Waals surface area contributed by atoms with E-state index in [0.29, 0.717) is 19.0 Å². The zero-order chi connectivity index (χ0) is 23.1. The normalized spacial score (nSPS) is 15.6. The quantitative estimate of drug-likeness (QED) is 0.608. The molecule has 1 fully saturated rings. The van der Waals surface area contributed by atoms with Gasteiger partial charge in [0.05, 0.1) is 5.56 Å². The van der Waals surface area contributed by atoms with Crippen molar-refractivity contribution in [3.63, 3.8) is 0 Å². The Hall–Kier alpha value is -2.54. The standard InChI is InChI=1S/C25H38N4O3/c1-25(2,3)32-24(31)27-17-19-11-15-29(16-12-19)14-8-7-13-26-23(30)21-18-28(4)22-10-6-5-9-20(21)22/h5-6,9-10,18-19H,7-8,11-17H2,1-4H3,(H,26,30)(H,27,31). The molecule has 1 aromatic carbocycles. The van der Waals surface area contributed by atoms with Crippen molar-refractivity contribution in [2.75, 3.05) is 32.7 Å². The lowest BCUT2D eigenvalue weighted by Gasteiger charge is -2.32. The van der Waals surface area contributed by atoms with Gasteiger partial charge in [0.15, 0.2) is 0 Å². The number of carbonyl (C=O) groups is 2. The van der Waals surface area contributed by atoms with Crippen LogP contribution in [-0.4, -0.2) is 59.8 Å². The van der Waals surface area contributed by atoms with Crippen LogP contribution in [0.5, 0.6) is 0 Å². The molecule has 0 atom stereocenters. The highest BCUT2D eigenvalue weighted by Crippen LogP contribution is 2.20. The number of likely N-dealkylation sites (tertiary alicyclic amines) is 1. The second-order valence-corrected chi connectivity index (χ2v) is 9.80. The highest BCUT2D eigenvalue weighted by atomic mass is 16.6. The molecule has 7 nitrogen and oxygen atoms in total. The minimum atomic E-state index is -0.457. The number of para-hydroxylation sites is 1. The number of alkyl carbamates (subject to hydrolysis) is 1. The summed E-state index contributed by atoms with van der Waals surface area (Å²) in [4.78, 5) is 26.9. The number of ether oxygens (including phenoxy) is 1. The number of benzene rings is 1. The maximum atomic E-state index is 12.6. The van der Waals surface area contributed by atoms with E-state index in [4.69, 9.17) is 4.74 Å². The summed E-state index contributed by atoms with van der Waals surface area (Å²) in [6.07, 6.45) is 5.79. The molecule has 7 heteroatoms. The molecular weight excluding hydrogens is 404 g/mol. The van der Waals surface area contributed by atoms with Crippen LogP contribution in [0, 0.1) is 5.92 Å². The summed E-state index contributed by atoms with van der Waals surface area (Å²) in [5.74, 6) is 0.513. The minimum absolute atomic E-state index is 0.0000940. The smallest absolute Gasteiger partial charge is 0.407 e. The molecule has 176 valence electrons. The van der Waals surface area contributed by atoms with Crippen molar-refractivity contribution in [2.24, 2.45) is 13.0 Å². The third-order valence-corrected chi connectivity index (χ3v) is 5.97. The van der Waals surface area contributed by atoms with E-state index in [1.807, 2.05) is 62.8 Å². The number of aryl methyl sites for hydroxylation is 1. The van der Waals surface area contributed by atoms with Gasteiger partial charge in [0.1, 0.15) is 5.60 Å². The van der Waals surface area contributed by atoms with Crippen molar-refractivity contribution in [2.45, 2.75) is 52.1 Å². The van der Waals surface area contributed by atoms with E-state index in [2.05, 4.69) is 15.5 Å². The Morgan fingerprint density at radius 1 is 1.09 bits per heavy atom. The Balaban J connectivity index is 1.28. The van der Waals surface area contributed by atoms with Gasteiger partial charge in [-0.05, 0) is 78.1 Å². The van der Waals surface area contributed by atoms with Gasteiger partial charge in [0, 0.05) is 37.2 Å². The van der Waals surface area contributed by atoms with E-state index >= 15 is 0 Å². The van der Waals surface area contributed by atoms with Gasteiger partial charge in [0.25, 0.3) is 5.91 Å². The lowest BCUT2D eigenvalue weighted by molar-refractivity contribution is 0.0509. The Bertz CT molecular complexity index is 908. The van der Waals surface area contributed by atoms with Crippen LogP contribution in [0.2, 0.25) is 0 Å². The van der Waals surface area contributed by atoms with Crippen LogP contribution >= 0.6 is 0 Å². The summed E-state index contributed by atoms with van der Waals surface area (Å²) in [7, 11) is 1.97. The molecule has 2 heterocycles. The van der Waals surface area contributed by atoms with Gasteiger partial charge < -0.3 is 24.8 Å². The number of amides is 2. The number of piperidine rings is 1. The molecule has 0 unspecified atom stereocenters. The molecule has 0 saturated carbocycles. The Morgan fingerprint density at radius 2 is 1.81 bits per heavy atom. The second-order valence-electron chi connectivity index (χ2n) is 9.80. The van der Waals surface area contributed by atoms with E-state index in [1.165, 1.54) is 0 Å². The van der Waals surface area contributed by atoms with E-state index in [0.717, 1.165) is 61.8 Å². The number of carbonyl (C=O) groups excluding carboxylic acids is 2. The monoisotopic (exact) mass is 442 g/mol. The van der Waals surface area contributed by atoms with Crippen molar-refractivity contribution in [3.8, 4) is 0 Å². The van der Waals surface area contributed by atoms with Gasteiger partial charge in [0.2, 0.25) is 0 Å². The molecule has 2 amide bonds. The second kappa shape index (κ2) is 10.9. The van der Waals surface area contributed by atoms with E-state index in [-0.39, 0.29) is 12.0 Å². The largest absolute Gasteiger partial charge is 0.444 e. The molecule has 1 aromatic heterocycles. The molecule has 0 aliphatic carbocycles. The molecule has 0 spiro atoms. The van der Waals surface area contributed by atoms with Crippen molar-refractivity contribution >= 4 is 22.9 Å². The van der Waals surface area contributed by atoms with Crippen LogP contribution in [0.1, 0.15) is 56.8 Å². The summed E-state index contributed by atoms with van der Waals surface area (Å²) < 4.78 is 7.30. The minimum Gasteiger partial charge on any atom is -0.444 e. The van der Waals surface area contributed by atoms with E-state index in [1.54, 1.807) is 0 Å². The summed E-state index contributed by atoms with van der Waals surface area (Å²) in [5, 5.41) is 6.97. The topological polar surface area (TPSA) is 75.6 Å². The van der Waals surface area contributed by atoms with Crippen LogP contribution in [-0.2, 0) is 11.8 Å². The molecule has 1 aliphatic rings. The van der Waals surface area contributed by atoms with E-state index in [9.17, 15) is 9.59 Å². The lowest BCUT2D eigenvalue weighted by atomic mass is 9.96. The maximum absolute atomic E-state index is 12.6. The zero-order valence-electron chi connectivity index (χ0n) is 19.9. The van der Waals surface area contributed by atoms with Crippen molar-refractivity contribution in [1.82, 2.24) is 20.1 Å². The molecule has 0 bridgehead atoms. The van der Waals surface area contributed by atoms with Crippen LogP contribution in [0.4, 0.5) is 4.79 Å². The maximum Gasteiger partial charge on any atom is 0.407 e. The number of rotatable bonds is 8. The van der Waals surface area contributed by atoms with Gasteiger partial charge in [-0.2, -0.15) is 0 Å². The Kier molecular flexibility index (Phi) is 8.18. The first-order valence-electron chi connectivity index (χ1n) is 11.7. The number of nitrogens with zero attached hydrogens (tertiary/aromatic N) is 2. The molecule has 3 rings (SSSR count). The van der Waals surface area contributed by atoms with Crippen LogP contribution in [0.25, 0.3) is 10.9 Å². The van der Waals surface area contributed by atoms with Crippen molar-refractivity contribution in [1.29, 1.82) is 0 Å². The van der Waals surface area contributed by atoms with Crippen molar-refractivity contribution in [3.05, 3.63) is 36.0 Å². The van der Waals surface area contributed by atoms with Crippen LogP contribution in [0.3, 0.4) is 0 Å². The molecule has 0 radical (unpaired) electrons. The number of hydrogen-bond acceptors (Lipinski definition) is 4. The Labute approximate surface area is 191 Å². The Morgan fingerprint density at radius 3 is 2.53 bits per heavy atom. The van der Waals surface area contributed by atoms with Crippen LogP contribution in [0.15, 0.2) is 30.5 Å². The fraction of sp³-hybridized carbons (Fsp3) is 0.600. The molecule has 1 aliphatic heterocycles. The average molecular weight is 443 g/mol. The summed E-state index contributed by atoms with van der Waals surface area (Å²) in [6.45, 7) is 10.2. The molecule has 1 saturated heterocycles. The van der Waals surface area contributed by atoms with Gasteiger partial charge >= 0.3 is 6.09 Å². The fourth-order valence-electron chi connectivity index (χ4n) is 4.24.